The second-order valence-corrected chi connectivity index (χ2v) is 5.26. The molecular weight excluding hydrogens is 272 g/mol. The van der Waals surface area contributed by atoms with Gasteiger partial charge in [0, 0.05) is 19.2 Å². The minimum absolute atomic E-state index is 0.0378. The van der Waals surface area contributed by atoms with E-state index < -0.39 is 5.91 Å². The van der Waals surface area contributed by atoms with Crippen LogP contribution in [0.15, 0.2) is 10.5 Å². The van der Waals surface area contributed by atoms with Crippen molar-refractivity contribution in [1.82, 2.24) is 15.6 Å². The van der Waals surface area contributed by atoms with E-state index in [4.69, 9.17) is 10.3 Å². The number of hydrazine groups is 1. The number of amides is 2. The summed E-state index contributed by atoms with van der Waals surface area (Å²) in [6.45, 7) is 3.26. The molecule has 2 amide bonds. The van der Waals surface area contributed by atoms with Crippen LogP contribution in [0.3, 0.4) is 0 Å². The summed E-state index contributed by atoms with van der Waals surface area (Å²) < 4.78 is 5.41. The number of nitrogen functional groups attached to an aromatic ring is 1. The minimum Gasteiger partial charge on any atom is -0.456 e. The van der Waals surface area contributed by atoms with E-state index in [9.17, 15) is 9.59 Å². The average Bonchev–Trinajstić information content (AvgIpc) is 2.87. The third-order valence-electron chi connectivity index (χ3n) is 3.91. The lowest BCUT2D eigenvalue weighted by Crippen LogP contribution is -2.48. The zero-order valence-electron chi connectivity index (χ0n) is 12.4. The van der Waals surface area contributed by atoms with Crippen molar-refractivity contribution in [3.8, 4) is 0 Å². The van der Waals surface area contributed by atoms with Crippen LogP contribution < -0.4 is 16.6 Å². The van der Waals surface area contributed by atoms with Crippen molar-refractivity contribution in [3.05, 3.63) is 23.2 Å². The highest BCUT2D eigenvalue weighted by Gasteiger charge is 2.29. The van der Waals surface area contributed by atoms with Crippen molar-refractivity contribution in [2.45, 2.75) is 38.8 Å². The predicted octanol–water partition coefficient (Wildman–Crippen LogP) is 0.292. The lowest BCUT2D eigenvalue weighted by Gasteiger charge is -2.34. The molecule has 1 atom stereocenters. The van der Waals surface area contributed by atoms with E-state index in [1.54, 1.807) is 13.1 Å². The molecule has 1 aromatic rings. The number of hydrogen-bond acceptors (Lipinski definition) is 5. The second kappa shape index (κ2) is 6.73. The highest BCUT2D eigenvalue weighted by Crippen LogP contribution is 2.23. The molecule has 1 aliphatic rings. The lowest BCUT2D eigenvalue weighted by molar-refractivity contribution is -0.127. The molecule has 1 aliphatic heterocycles. The highest BCUT2D eigenvalue weighted by molar-refractivity contribution is 5.91. The van der Waals surface area contributed by atoms with Gasteiger partial charge in [0.05, 0.1) is 6.04 Å². The molecular formula is C14H22N4O3. The Morgan fingerprint density at radius 2 is 2.24 bits per heavy atom. The van der Waals surface area contributed by atoms with Crippen molar-refractivity contribution in [2.24, 2.45) is 5.84 Å². The summed E-state index contributed by atoms with van der Waals surface area (Å²) >= 11 is 0. The quantitative estimate of drug-likeness (QED) is 0.421. The first-order chi connectivity index (χ1) is 10.1. The van der Waals surface area contributed by atoms with E-state index in [-0.39, 0.29) is 17.7 Å². The number of aryl methyl sites for hydroxylation is 1. The molecule has 2 heterocycles. The highest BCUT2D eigenvalue weighted by atomic mass is 16.4. The molecule has 1 unspecified atom stereocenters. The summed E-state index contributed by atoms with van der Waals surface area (Å²) in [7, 11) is 1.65. The first-order valence-electron chi connectivity index (χ1n) is 7.12. The van der Waals surface area contributed by atoms with Gasteiger partial charge in [0.1, 0.15) is 5.76 Å². The van der Waals surface area contributed by atoms with Gasteiger partial charge in [-0.15, -0.1) is 0 Å². The smallest absolute Gasteiger partial charge is 0.300 e. The Hall–Kier alpha value is -1.86. The molecule has 0 bridgehead atoms. The largest absolute Gasteiger partial charge is 0.456 e. The number of likely N-dealkylation sites (tertiary alicyclic amines) is 1. The zero-order chi connectivity index (χ0) is 15.4. The maximum atomic E-state index is 12.0. The SMILES string of the molecule is CNC(=O)C1CCCCN1Cc1cc(C(=O)NN)oc1C. The van der Waals surface area contributed by atoms with Gasteiger partial charge in [0.25, 0.3) is 0 Å². The van der Waals surface area contributed by atoms with Gasteiger partial charge in [-0.3, -0.25) is 19.9 Å². The maximum absolute atomic E-state index is 12.0. The number of rotatable bonds is 4. The second-order valence-electron chi connectivity index (χ2n) is 5.26. The minimum atomic E-state index is -0.453. The number of furan rings is 1. The molecule has 1 saturated heterocycles. The number of piperidine rings is 1. The van der Waals surface area contributed by atoms with Crippen LogP contribution in [-0.4, -0.2) is 36.3 Å². The molecule has 1 fully saturated rings. The van der Waals surface area contributed by atoms with E-state index in [1.165, 1.54) is 0 Å². The number of hydrogen-bond donors (Lipinski definition) is 3. The van der Waals surface area contributed by atoms with E-state index >= 15 is 0 Å². The summed E-state index contributed by atoms with van der Waals surface area (Å²) in [5.74, 6) is 5.56. The number of carbonyl (C=O) groups is 2. The third kappa shape index (κ3) is 3.43. The molecule has 4 N–H and O–H groups in total. The Labute approximate surface area is 123 Å². The van der Waals surface area contributed by atoms with Gasteiger partial charge in [-0.1, -0.05) is 6.42 Å². The fourth-order valence-corrected chi connectivity index (χ4v) is 2.72. The maximum Gasteiger partial charge on any atom is 0.300 e. The Balaban J connectivity index is 2.13. The number of nitrogens with two attached hydrogens (primary N) is 1. The van der Waals surface area contributed by atoms with Gasteiger partial charge in [-0.05, 0) is 32.4 Å². The van der Waals surface area contributed by atoms with Crippen LogP contribution in [0, 0.1) is 6.92 Å². The van der Waals surface area contributed by atoms with Gasteiger partial charge >= 0.3 is 5.91 Å². The monoisotopic (exact) mass is 294 g/mol. The summed E-state index contributed by atoms with van der Waals surface area (Å²) in [5, 5.41) is 2.71. The van der Waals surface area contributed by atoms with E-state index in [2.05, 4.69) is 15.6 Å². The van der Waals surface area contributed by atoms with Crippen LogP contribution in [0.1, 0.15) is 41.1 Å². The number of nitrogens with one attached hydrogen (secondary N) is 2. The standard InChI is InChI=1S/C14H22N4O3/c1-9-10(7-12(21-9)14(20)17-15)8-18-6-4-3-5-11(18)13(19)16-2/h7,11H,3-6,8,15H2,1-2H3,(H,16,19)(H,17,20). The van der Waals surface area contributed by atoms with E-state index in [0.717, 1.165) is 31.4 Å². The molecule has 0 aromatic carbocycles. The van der Waals surface area contributed by atoms with E-state index in [0.29, 0.717) is 12.3 Å². The van der Waals surface area contributed by atoms with Crippen molar-refractivity contribution in [1.29, 1.82) is 0 Å². The fraction of sp³-hybridized carbons (Fsp3) is 0.571. The molecule has 2 rings (SSSR count). The van der Waals surface area contributed by atoms with Crippen LogP contribution in [-0.2, 0) is 11.3 Å². The van der Waals surface area contributed by atoms with Crippen LogP contribution in [0.25, 0.3) is 0 Å². The molecule has 116 valence electrons. The molecule has 1 aromatic heterocycles. The number of nitrogens with zero attached hydrogens (tertiary/aromatic N) is 1. The molecule has 0 aliphatic carbocycles. The Bertz CT molecular complexity index is 526. The van der Waals surface area contributed by atoms with Crippen molar-refractivity contribution < 1.29 is 14.0 Å². The molecule has 0 radical (unpaired) electrons. The number of carbonyl (C=O) groups excluding carboxylic acids is 2. The van der Waals surface area contributed by atoms with E-state index in [1.807, 2.05) is 6.92 Å². The predicted molar refractivity (Wildman–Crippen MR) is 77.2 cm³/mol. The fourth-order valence-electron chi connectivity index (χ4n) is 2.72. The van der Waals surface area contributed by atoms with Crippen LogP contribution >= 0.6 is 0 Å². The molecule has 21 heavy (non-hydrogen) atoms. The van der Waals surface area contributed by atoms with Crippen LogP contribution in [0.4, 0.5) is 0 Å². The first kappa shape index (κ1) is 15.5. The van der Waals surface area contributed by atoms with Gasteiger partial charge in [0.15, 0.2) is 5.76 Å². The van der Waals surface area contributed by atoms with Crippen molar-refractivity contribution in [3.63, 3.8) is 0 Å². The molecule has 0 saturated carbocycles. The summed E-state index contributed by atoms with van der Waals surface area (Å²) in [6, 6.07) is 1.57. The Kier molecular flexibility index (Phi) is 4.98. The molecule has 0 spiro atoms. The summed E-state index contributed by atoms with van der Waals surface area (Å²) in [5.41, 5.74) is 2.96. The zero-order valence-corrected chi connectivity index (χ0v) is 12.4. The van der Waals surface area contributed by atoms with Crippen LogP contribution in [0.2, 0.25) is 0 Å². The van der Waals surface area contributed by atoms with Gasteiger partial charge in [-0.25, -0.2) is 5.84 Å². The van der Waals surface area contributed by atoms with Gasteiger partial charge in [-0.2, -0.15) is 0 Å². The lowest BCUT2D eigenvalue weighted by atomic mass is 10.0. The Morgan fingerprint density at radius 1 is 1.48 bits per heavy atom. The molecule has 7 heteroatoms. The topological polar surface area (TPSA) is 101 Å². The summed E-state index contributed by atoms with van der Waals surface area (Å²) in [4.78, 5) is 25.6. The average molecular weight is 294 g/mol. The van der Waals surface area contributed by atoms with Crippen LogP contribution in [0.5, 0.6) is 0 Å². The normalized spacial score (nSPS) is 19.3. The third-order valence-corrected chi connectivity index (χ3v) is 3.91. The Morgan fingerprint density at radius 3 is 2.90 bits per heavy atom. The van der Waals surface area contributed by atoms with Gasteiger partial charge < -0.3 is 9.73 Å². The number of likely N-dealkylation sites (N-methyl/N-ethyl adjacent to an activating group) is 1. The summed E-state index contributed by atoms with van der Waals surface area (Å²) in [6.07, 6.45) is 2.98. The molecule has 7 nitrogen and oxygen atoms in total. The first-order valence-corrected chi connectivity index (χ1v) is 7.12. The van der Waals surface area contributed by atoms with Crippen molar-refractivity contribution in [2.75, 3.05) is 13.6 Å². The van der Waals surface area contributed by atoms with Gasteiger partial charge in [0.2, 0.25) is 5.91 Å². The van der Waals surface area contributed by atoms with Crippen molar-refractivity contribution >= 4 is 11.8 Å².